The van der Waals surface area contributed by atoms with E-state index in [-0.39, 0.29) is 42.9 Å². The topological polar surface area (TPSA) is 128 Å². The highest BCUT2D eigenvalue weighted by atomic mass is 16.5. The monoisotopic (exact) mass is 437 g/mol. The van der Waals surface area contributed by atoms with Crippen LogP contribution >= 0.6 is 0 Å². The average Bonchev–Trinajstić information content (AvgIpc) is 3.34. The van der Waals surface area contributed by atoms with Gasteiger partial charge in [0.25, 0.3) is 0 Å². The molecule has 3 aliphatic heterocycles. The fraction of sp³-hybridized carbons (Fsp3) is 0.348. The molecule has 4 unspecified atom stereocenters. The number of fused-ring (bicyclic) bond motifs is 4. The van der Waals surface area contributed by atoms with Crippen LogP contribution in [-0.2, 0) is 31.1 Å². The van der Waals surface area contributed by atoms with Crippen molar-refractivity contribution in [3.8, 4) is 11.5 Å². The maximum absolute atomic E-state index is 13.5. The minimum Gasteiger partial charge on any atom is -0.504 e. The van der Waals surface area contributed by atoms with Crippen molar-refractivity contribution in [1.29, 1.82) is 0 Å². The van der Waals surface area contributed by atoms with Crippen molar-refractivity contribution in [3.05, 3.63) is 53.6 Å². The van der Waals surface area contributed by atoms with Crippen molar-refractivity contribution < 1.29 is 29.3 Å². The van der Waals surface area contributed by atoms with E-state index in [4.69, 9.17) is 4.74 Å². The number of hydrogen-bond donors (Lipinski definition) is 4. The van der Waals surface area contributed by atoms with E-state index in [9.17, 15) is 24.6 Å². The summed E-state index contributed by atoms with van der Waals surface area (Å²) >= 11 is 0. The van der Waals surface area contributed by atoms with Gasteiger partial charge in [-0.05, 0) is 30.2 Å². The highest BCUT2D eigenvalue weighted by Gasteiger charge is 2.70. The molecule has 0 aliphatic carbocycles. The van der Waals surface area contributed by atoms with E-state index in [1.165, 1.54) is 24.1 Å². The summed E-state index contributed by atoms with van der Waals surface area (Å²) in [5.74, 6) is -3.27. The smallest absolute Gasteiger partial charge is 0.250 e. The van der Waals surface area contributed by atoms with Gasteiger partial charge in [0.1, 0.15) is 5.54 Å². The Kier molecular flexibility index (Phi) is 4.68. The lowest BCUT2D eigenvalue weighted by Gasteiger charge is -2.29. The van der Waals surface area contributed by atoms with E-state index in [2.05, 4.69) is 10.6 Å². The second-order valence-corrected chi connectivity index (χ2v) is 8.41. The molecule has 2 aromatic rings. The molecule has 3 heterocycles. The van der Waals surface area contributed by atoms with Gasteiger partial charge in [-0.25, -0.2) is 0 Å². The average molecular weight is 437 g/mol. The summed E-state index contributed by atoms with van der Waals surface area (Å²) in [6.45, 7) is 0.323. The standard InChI is InChI=1S/C23H23N3O6/c1-32-9-8-26-20(29)18-15(10-12-6-7-16(27)17(28)11-12)25-23(19(18)21(26)30)13-4-2-3-5-14(13)24-22(23)31/h2-7,11,15,18-19,25,27-28H,8-10H2,1H3,(H,24,31). The second kappa shape index (κ2) is 7.32. The summed E-state index contributed by atoms with van der Waals surface area (Å²) in [5, 5.41) is 25.7. The third-order valence-corrected chi connectivity index (χ3v) is 6.73. The Balaban J connectivity index is 1.59. The summed E-state index contributed by atoms with van der Waals surface area (Å²) in [6, 6.07) is 11.1. The Hall–Kier alpha value is -3.43. The van der Waals surface area contributed by atoms with Crippen LogP contribution in [0.5, 0.6) is 11.5 Å². The van der Waals surface area contributed by atoms with Crippen LogP contribution in [0.15, 0.2) is 42.5 Å². The lowest BCUT2D eigenvalue weighted by atomic mass is 9.76. The number of imide groups is 1. The van der Waals surface area contributed by atoms with Gasteiger partial charge in [-0.15, -0.1) is 0 Å². The molecule has 32 heavy (non-hydrogen) atoms. The van der Waals surface area contributed by atoms with Crippen molar-refractivity contribution in [2.24, 2.45) is 11.8 Å². The Morgan fingerprint density at radius 2 is 1.84 bits per heavy atom. The van der Waals surface area contributed by atoms with Gasteiger partial charge in [-0.1, -0.05) is 24.3 Å². The second-order valence-electron chi connectivity index (χ2n) is 8.41. The number of carbonyl (C=O) groups is 3. The third-order valence-electron chi connectivity index (χ3n) is 6.73. The summed E-state index contributed by atoms with van der Waals surface area (Å²) in [5.41, 5.74) is 0.559. The number of aromatic hydroxyl groups is 2. The first-order valence-corrected chi connectivity index (χ1v) is 10.4. The number of nitrogens with one attached hydrogen (secondary N) is 2. The van der Waals surface area contributed by atoms with Crippen LogP contribution in [0.3, 0.4) is 0 Å². The summed E-state index contributed by atoms with van der Waals surface area (Å²) in [6.07, 6.45) is 0.281. The summed E-state index contributed by atoms with van der Waals surface area (Å²) in [7, 11) is 1.50. The maximum Gasteiger partial charge on any atom is 0.250 e. The van der Waals surface area contributed by atoms with Crippen LogP contribution in [0.25, 0.3) is 0 Å². The number of hydrogen-bond acceptors (Lipinski definition) is 7. The van der Waals surface area contributed by atoms with Gasteiger partial charge in [-0.2, -0.15) is 0 Å². The van der Waals surface area contributed by atoms with Crippen molar-refractivity contribution in [2.45, 2.75) is 18.0 Å². The first-order valence-electron chi connectivity index (χ1n) is 10.4. The number of benzene rings is 2. The van der Waals surface area contributed by atoms with Gasteiger partial charge in [0.2, 0.25) is 17.7 Å². The number of para-hydroxylation sites is 1. The number of ether oxygens (including phenoxy) is 1. The van der Waals surface area contributed by atoms with Gasteiger partial charge >= 0.3 is 0 Å². The molecule has 4 atom stereocenters. The molecule has 9 nitrogen and oxygen atoms in total. The van der Waals surface area contributed by atoms with Crippen LogP contribution in [0.1, 0.15) is 11.1 Å². The van der Waals surface area contributed by atoms with Crippen LogP contribution < -0.4 is 10.6 Å². The zero-order valence-electron chi connectivity index (χ0n) is 17.4. The number of phenolic OH excluding ortho intramolecular Hbond substituents is 2. The zero-order valence-corrected chi connectivity index (χ0v) is 17.4. The van der Waals surface area contributed by atoms with E-state index in [0.29, 0.717) is 16.8 Å². The predicted molar refractivity (Wildman–Crippen MR) is 113 cm³/mol. The number of carbonyl (C=O) groups excluding carboxylic acids is 3. The molecule has 2 aromatic carbocycles. The molecule has 0 aromatic heterocycles. The molecule has 1 spiro atoms. The van der Waals surface area contributed by atoms with Crippen LogP contribution in [-0.4, -0.2) is 59.1 Å². The van der Waals surface area contributed by atoms with Crippen molar-refractivity contribution >= 4 is 23.4 Å². The van der Waals surface area contributed by atoms with Gasteiger partial charge < -0.3 is 20.3 Å². The highest BCUT2D eigenvalue weighted by molar-refractivity contribution is 6.15. The molecule has 0 radical (unpaired) electrons. The molecule has 0 bridgehead atoms. The Morgan fingerprint density at radius 3 is 2.59 bits per heavy atom. The molecule has 5 rings (SSSR count). The minimum atomic E-state index is -1.36. The maximum atomic E-state index is 13.5. The van der Waals surface area contributed by atoms with Gasteiger partial charge in [0, 0.05) is 24.4 Å². The Morgan fingerprint density at radius 1 is 1.06 bits per heavy atom. The molecular weight excluding hydrogens is 414 g/mol. The summed E-state index contributed by atoms with van der Waals surface area (Å²) < 4.78 is 5.07. The fourth-order valence-corrected chi connectivity index (χ4v) is 5.35. The van der Waals surface area contributed by atoms with Crippen LogP contribution in [0, 0.1) is 11.8 Å². The van der Waals surface area contributed by atoms with E-state index in [0.717, 1.165) is 0 Å². The molecular formula is C23H23N3O6. The number of anilines is 1. The minimum absolute atomic E-state index is 0.118. The number of amides is 3. The van der Waals surface area contributed by atoms with E-state index < -0.39 is 29.3 Å². The molecule has 2 fully saturated rings. The van der Waals surface area contributed by atoms with E-state index in [1.54, 1.807) is 30.3 Å². The molecule has 3 aliphatic rings. The number of phenols is 2. The SMILES string of the molecule is COCCN1C(=O)C2C(Cc3ccc(O)c(O)c3)NC3(C(=O)Nc4ccccc43)C2C1=O. The molecule has 3 amide bonds. The van der Waals surface area contributed by atoms with Gasteiger partial charge in [-0.3, -0.25) is 24.6 Å². The van der Waals surface area contributed by atoms with Gasteiger partial charge in [0.15, 0.2) is 11.5 Å². The van der Waals surface area contributed by atoms with Crippen molar-refractivity contribution in [3.63, 3.8) is 0 Å². The number of methoxy groups -OCH3 is 1. The van der Waals surface area contributed by atoms with Crippen molar-refractivity contribution in [1.82, 2.24) is 10.2 Å². The van der Waals surface area contributed by atoms with Crippen molar-refractivity contribution in [2.75, 3.05) is 25.6 Å². The fourth-order valence-electron chi connectivity index (χ4n) is 5.35. The van der Waals surface area contributed by atoms with Crippen LogP contribution in [0.2, 0.25) is 0 Å². The quantitative estimate of drug-likeness (QED) is 0.401. The molecule has 9 heteroatoms. The zero-order chi connectivity index (χ0) is 22.6. The Labute approximate surface area is 184 Å². The first kappa shape index (κ1) is 20.5. The molecule has 4 N–H and O–H groups in total. The first-order chi connectivity index (χ1) is 15.4. The largest absolute Gasteiger partial charge is 0.504 e. The van der Waals surface area contributed by atoms with Crippen LogP contribution in [0.4, 0.5) is 5.69 Å². The lowest BCUT2D eigenvalue weighted by Crippen LogP contribution is -2.53. The Bertz CT molecular complexity index is 1130. The molecule has 0 saturated carbocycles. The lowest BCUT2D eigenvalue weighted by molar-refractivity contribution is -0.143. The highest BCUT2D eigenvalue weighted by Crippen LogP contribution is 2.53. The molecule has 2 saturated heterocycles. The van der Waals surface area contributed by atoms with E-state index >= 15 is 0 Å². The molecule has 166 valence electrons. The summed E-state index contributed by atoms with van der Waals surface area (Å²) in [4.78, 5) is 41.4. The number of nitrogens with zero attached hydrogens (tertiary/aromatic N) is 1. The van der Waals surface area contributed by atoms with Gasteiger partial charge in [0.05, 0.1) is 25.0 Å². The van der Waals surface area contributed by atoms with E-state index in [1.807, 2.05) is 0 Å². The number of likely N-dealkylation sites (tertiary alicyclic amines) is 1. The predicted octanol–water partition coefficient (Wildman–Crippen LogP) is 0.707. The third kappa shape index (κ3) is 2.74. The number of rotatable bonds is 5. The normalized spacial score (nSPS) is 28.3.